The van der Waals surface area contributed by atoms with E-state index in [0.29, 0.717) is 35.9 Å². The first kappa shape index (κ1) is 19.6. The second kappa shape index (κ2) is 8.71. The zero-order chi connectivity index (χ0) is 18.0. The first-order valence-corrected chi connectivity index (χ1v) is 10.7. The summed E-state index contributed by atoms with van der Waals surface area (Å²) in [5.41, 5.74) is 0. The van der Waals surface area contributed by atoms with E-state index >= 15 is 0 Å². The summed E-state index contributed by atoms with van der Waals surface area (Å²) < 4.78 is 18.1. The molecule has 3 nitrogen and oxygen atoms in total. The molecule has 0 radical (unpaired) electrons. The van der Waals surface area contributed by atoms with Crippen LogP contribution in [0.1, 0.15) is 59.3 Å². The van der Waals surface area contributed by atoms with E-state index in [4.69, 9.17) is 14.2 Å². The lowest BCUT2D eigenvalue weighted by atomic mass is 9.60. The van der Waals surface area contributed by atoms with Crippen LogP contribution in [0.4, 0.5) is 0 Å². The van der Waals surface area contributed by atoms with E-state index in [1.807, 2.05) is 14.2 Å². The van der Waals surface area contributed by atoms with Gasteiger partial charge in [0.2, 0.25) is 0 Å². The lowest BCUT2D eigenvalue weighted by molar-refractivity contribution is -0.131. The maximum absolute atomic E-state index is 6.24. The van der Waals surface area contributed by atoms with Gasteiger partial charge in [0.05, 0.1) is 12.2 Å². The molecule has 0 aromatic heterocycles. The lowest BCUT2D eigenvalue weighted by Gasteiger charge is -2.51. The minimum Gasteiger partial charge on any atom is -0.381 e. The summed E-state index contributed by atoms with van der Waals surface area (Å²) in [6, 6.07) is 0. The lowest BCUT2D eigenvalue weighted by Crippen LogP contribution is -2.50. The summed E-state index contributed by atoms with van der Waals surface area (Å²) >= 11 is 0. The number of hydrogen-bond donors (Lipinski definition) is 0. The Kier molecular flexibility index (Phi) is 6.84. The van der Waals surface area contributed by atoms with Gasteiger partial charge in [0, 0.05) is 27.4 Å². The van der Waals surface area contributed by atoms with Crippen molar-refractivity contribution >= 4 is 0 Å². The molecule has 3 aliphatic rings. The normalized spacial score (nSPS) is 49.1. The summed E-state index contributed by atoms with van der Waals surface area (Å²) in [7, 11) is 3.86. The molecular formula is C22H40O3. The highest BCUT2D eigenvalue weighted by atomic mass is 16.5. The maximum atomic E-state index is 6.24. The van der Waals surface area contributed by atoms with Crippen molar-refractivity contribution in [3.05, 3.63) is 0 Å². The molecule has 0 aromatic carbocycles. The Morgan fingerprint density at radius 1 is 0.720 bits per heavy atom. The molecule has 1 saturated heterocycles. The highest BCUT2D eigenvalue weighted by Gasteiger charge is 2.47. The topological polar surface area (TPSA) is 27.7 Å². The first-order valence-electron chi connectivity index (χ1n) is 10.7. The molecule has 3 rings (SSSR count). The number of ether oxygens (including phenoxy) is 3. The molecule has 1 heterocycles. The van der Waals surface area contributed by atoms with Gasteiger partial charge in [0.15, 0.2) is 0 Å². The summed E-state index contributed by atoms with van der Waals surface area (Å²) in [4.78, 5) is 0. The van der Waals surface area contributed by atoms with Crippen LogP contribution in [0.25, 0.3) is 0 Å². The van der Waals surface area contributed by atoms with Crippen LogP contribution in [0.15, 0.2) is 0 Å². The third-order valence-corrected chi connectivity index (χ3v) is 7.72. The minimum atomic E-state index is 0.373. The monoisotopic (exact) mass is 352 g/mol. The van der Waals surface area contributed by atoms with Crippen molar-refractivity contribution in [1.29, 1.82) is 0 Å². The van der Waals surface area contributed by atoms with Crippen LogP contribution in [0.3, 0.4) is 0 Å². The fourth-order valence-corrected chi connectivity index (χ4v) is 6.35. The molecular weight excluding hydrogens is 312 g/mol. The third-order valence-electron chi connectivity index (χ3n) is 7.72. The fourth-order valence-electron chi connectivity index (χ4n) is 6.35. The quantitative estimate of drug-likeness (QED) is 0.728. The van der Waals surface area contributed by atoms with E-state index in [1.165, 1.54) is 38.5 Å². The summed E-state index contributed by atoms with van der Waals surface area (Å²) in [5.74, 6) is 4.96. The predicted molar refractivity (Wildman–Crippen MR) is 102 cm³/mol. The molecule has 0 N–H and O–H groups in total. The van der Waals surface area contributed by atoms with Crippen molar-refractivity contribution in [1.82, 2.24) is 0 Å². The van der Waals surface area contributed by atoms with E-state index in [1.54, 1.807) is 0 Å². The van der Waals surface area contributed by atoms with Crippen LogP contribution in [-0.2, 0) is 14.2 Å². The van der Waals surface area contributed by atoms with Gasteiger partial charge in [-0.05, 0) is 80.0 Å². The number of hydrogen-bond acceptors (Lipinski definition) is 3. The molecule has 25 heavy (non-hydrogen) atoms. The van der Waals surface area contributed by atoms with Crippen LogP contribution in [0, 0.1) is 41.4 Å². The van der Waals surface area contributed by atoms with Crippen LogP contribution < -0.4 is 0 Å². The Morgan fingerprint density at radius 2 is 1.40 bits per heavy atom. The van der Waals surface area contributed by atoms with Gasteiger partial charge in [0.1, 0.15) is 0 Å². The van der Waals surface area contributed by atoms with Crippen LogP contribution in [0.2, 0.25) is 0 Å². The Labute approximate surface area is 155 Å². The van der Waals surface area contributed by atoms with E-state index < -0.39 is 0 Å². The van der Waals surface area contributed by atoms with Crippen molar-refractivity contribution in [3.63, 3.8) is 0 Å². The van der Waals surface area contributed by atoms with E-state index in [0.717, 1.165) is 31.0 Å². The zero-order valence-corrected chi connectivity index (χ0v) is 17.1. The predicted octanol–water partition coefficient (Wildman–Crippen LogP) is 4.79. The SMILES string of the molecule is COC1CCC(C)CC1C1CC(C)CC(C2COCCC2C)C1OC. The molecule has 0 bridgehead atoms. The summed E-state index contributed by atoms with van der Waals surface area (Å²) in [6.07, 6.45) is 8.44. The van der Waals surface area contributed by atoms with Crippen molar-refractivity contribution in [2.45, 2.75) is 71.5 Å². The Morgan fingerprint density at radius 3 is 2.04 bits per heavy atom. The second-order valence-corrected chi connectivity index (χ2v) is 9.47. The van der Waals surface area contributed by atoms with Gasteiger partial charge in [-0.25, -0.2) is 0 Å². The molecule has 3 heteroatoms. The van der Waals surface area contributed by atoms with Crippen molar-refractivity contribution in [2.24, 2.45) is 41.4 Å². The average Bonchev–Trinajstić information content (AvgIpc) is 2.61. The van der Waals surface area contributed by atoms with Gasteiger partial charge in [0.25, 0.3) is 0 Å². The zero-order valence-electron chi connectivity index (χ0n) is 17.1. The Hall–Kier alpha value is -0.120. The van der Waals surface area contributed by atoms with Crippen molar-refractivity contribution in [2.75, 3.05) is 27.4 Å². The van der Waals surface area contributed by atoms with Crippen LogP contribution >= 0.6 is 0 Å². The molecule has 146 valence electrons. The number of methoxy groups -OCH3 is 2. The van der Waals surface area contributed by atoms with Gasteiger partial charge in [-0.15, -0.1) is 0 Å². The van der Waals surface area contributed by atoms with Crippen LogP contribution in [-0.4, -0.2) is 39.6 Å². The van der Waals surface area contributed by atoms with Gasteiger partial charge < -0.3 is 14.2 Å². The average molecular weight is 353 g/mol. The highest BCUT2D eigenvalue weighted by molar-refractivity contribution is 4.97. The van der Waals surface area contributed by atoms with Gasteiger partial charge >= 0.3 is 0 Å². The first-order chi connectivity index (χ1) is 12.0. The van der Waals surface area contributed by atoms with Gasteiger partial charge in [-0.1, -0.05) is 20.8 Å². The molecule has 1 aliphatic heterocycles. The van der Waals surface area contributed by atoms with E-state index in [-0.39, 0.29) is 0 Å². The highest BCUT2D eigenvalue weighted by Crippen LogP contribution is 2.49. The minimum absolute atomic E-state index is 0.373. The summed E-state index contributed by atoms with van der Waals surface area (Å²) in [6.45, 7) is 9.16. The fraction of sp³-hybridized carbons (Fsp3) is 1.00. The van der Waals surface area contributed by atoms with Crippen molar-refractivity contribution < 1.29 is 14.2 Å². The van der Waals surface area contributed by atoms with Crippen molar-refractivity contribution in [3.8, 4) is 0 Å². The van der Waals surface area contributed by atoms with E-state index in [9.17, 15) is 0 Å². The smallest absolute Gasteiger partial charge is 0.0635 e. The molecule has 9 atom stereocenters. The Balaban J connectivity index is 1.81. The van der Waals surface area contributed by atoms with Gasteiger partial charge in [-0.3, -0.25) is 0 Å². The maximum Gasteiger partial charge on any atom is 0.0635 e. The molecule has 2 saturated carbocycles. The number of rotatable bonds is 4. The van der Waals surface area contributed by atoms with Crippen LogP contribution in [0.5, 0.6) is 0 Å². The largest absolute Gasteiger partial charge is 0.381 e. The standard InChI is InChI=1S/C22H40O3/c1-14-6-7-21(23-4)17(10-14)18-11-15(2)12-19(22(18)24-5)20-13-25-9-8-16(20)3/h14-22H,6-13H2,1-5H3. The molecule has 0 amide bonds. The van der Waals surface area contributed by atoms with Gasteiger partial charge in [-0.2, -0.15) is 0 Å². The molecule has 0 spiro atoms. The molecule has 3 fully saturated rings. The summed E-state index contributed by atoms with van der Waals surface area (Å²) in [5, 5.41) is 0. The Bertz CT molecular complexity index is 412. The second-order valence-electron chi connectivity index (χ2n) is 9.47. The molecule has 9 unspecified atom stereocenters. The molecule has 0 aromatic rings. The molecule has 2 aliphatic carbocycles. The third kappa shape index (κ3) is 4.25. The van der Waals surface area contributed by atoms with E-state index in [2.05, 4.69) is 20.8 Å².